The van der Waals surface area contributed by atoms with Crippen LogP contribution in [-0.2, 0) is 0 Å². The Hall–Kier alpha value is -1.05. The molecule has 0 atom stereocenters. The highest BCUT2D eigenvalue weighted by Gasteiger charge is 2.16. The molecule has 1 rings (SSSR count). The molecule has 2 heteroatoms. The smallest absolute Gasteiger partial charge is 0.217 e. The van der Waals surface area contributed by atoms with Crippen molar-refractivity contribution in [2.24, 2.45) is 0 Å². The Kier molecular flexibility index (Phi) is 5.64. The third-order valence-corrected chi connectivity index (χ3v) is 3.28. The van der Waals surface area contributed by atoms with E-state index in [0.717, 1.165) is 24.4 Å². The highest BCUT2D eigenvalue weighted by molar-refractivity contribution is 5.32. The minimum absolute atomic E-state index is 0.174. The standard InChI is InChI=1S/C16H27NO/c1-7-13(8-2)14-9-10-15(11(3)4)17-16(14)18-12(5)6/h9-13H,7-8H2,1-6H3. The maximum Gasteiger partial charge on any atom is 0.217 e. The number of hydrogen-bond donors (Lipinski definition) is 0. The normalized spacial score (nSPS) is 11.6. The number of nitrogens with zero attached hydrogens (tertiary/aromatic N) is 1. The molecule has 0 amide bonds. The molecule has 1 aromatic rings. The van der Waals surface area contributed by atoms with E-state index in [9.17, 15) is 0 Å². The summed E-state index contributed by atoms with van der Waals surface area (Å²) in [6, 6.07) is 4.35. The van der Waals surface area contributed by atoms with Crippen LogP contribution < -0.4 is 4.74 Å². The molecule has 0 aliphatic rings. The summed E-state index contributed by atoms with van der Waals surface area (Å²) in [6.45, 7) is 12.9. The molecule has 0 bridgehead atoms. The second-order valence-corrected chi connectivity index (χ2v) is 5.47. The molecule has 0 spiro atoms. The number of hydrogen-bond acceptors (Lipinski definition) is 2. The van der Waals surface area contributed by atoms with Gasteiger partial charge in [-0.05, 0) is 44.6 Å². The van der Waals surface area contributed by atoms with E-state index in [1.807, 2.05) is 0 Å². The van der Waals surface area contributed by atoms with Gasteiger partial charge in [0, 0.05) is 11.3 Å². The van der Waals surface area contributed by atoms with Gasteiger partial charge in [0.25, 0.3) is 0 Å². The van der Waals surface area contributed by atoms with Gasteiger partial charge in [0.2, 0.25) is 5.88 Å². The fraction of sp³-hybridized carbons (Fsp3) is 0.688. The van der Waals surface area contributed by atoms with Crippen molar-refractivity contribution in [3.8, 4) is 5.88 Å². The molecular weight excluding hydrogens is 222 g/mol. The molecule has 0 saturated heterocycles. The van der Waals surface area contributed by atoms with Crippen molar-refractivity contribution in [3.05, 3.63) is 23.4 Å². The van der Waals surface area contributed by atoms with Gasteiger partial charge in [-0.3, -0.25) is 0 Å². The van der Waals surface area contributed by atoms with Crippen molar-refractivity contribution in [1.29, 1.82) is 0 Å². The van der Waals surface area contributed by atoms with E-state index in [2.05, 4.69) is 53.7 Å². The first kappa shape index (κ1) is 15.0. The zero-order valence-corrected chi connectivity index (χ0v) is 12.7. The van der Waals surface area contributed by atoms with Crippen molar-refractivity contribution >= 4 is 0 Å². The number of aromatic nitrogens is 1. The maximum absolute atomic E-state index is 5.91. The quantitative estimate of drug-likeness (QED) is 0.715. The lowest BCUT2D eigenvalue weighted by atomic mass is 9.94. The average molecular weight is 249 g/mol. The summed E-state index contributed by atoms with van der Waals surface area (Å²) in [6.07, 6.45) is 2.44. The first-order valence-corrected chi connectivity index (χ1v) is 7.17. The molecular formula is C16H27NO. The predicted molar refractivity (Wildman–Crippen MR) is 77.4 cm³/mol. The van der Waals surface area contributed by atoms with Crippen LogP contribution in [0.15, 0.2) is 12.1 Å². The molecule has 102 valence electrons. The van der Waals surface area contributed by atoms with Crippen molar-refractivity contribution < 1.29 is 4.74 Å². The Balaban J connectivity index is 3.15. The number of pyridine rings is 1. The van der Waals surface area contributed by atoms with Crippen LogP contribution in [0.25, 0.3) is 0 Å². The van der Waals surface area contributed by atoms with Gasteiger partial charge in [0.1, 0.15) is 0 Å². The Morgan fingerprint density at radius 1 is 1.06 bits per heavy atom. The highest BCUT2D eigenvalue weighted by atomic mass is 16.5. The minimum atomic E-state index is 0.174. The largest absolute Gasteiger partial charge is 0.475 e. The van der Waals surface area contributed by atoms with Crippen LogP contribution in [0.1, 0.15) is 77.5 Å². The summed E-state index contributed by atoms with van der Waals surface area (Å²) in [5, 5.41) is 0. The number of rotatable bonds is 6. The molecule has 0 aliphatic carbocycles. The summed E-state index contributed by atoms with van der Waals surface area (Å²) in [5.74, 6) is 1.83. The fourth-order valence-corrected chi connectivity index (χ4v) is 2.14. The lowest BCUT2D eigenvalue weighted by molar-refractivity contribution is 0.227. The van der Waals surface area contributed by atoms with Crippen molar-refractivity contribution in [3.63, 3.8) is 0 Å². The van der Waals surface area contributed by atoms with E-state index in [1.54, 1.807) is 0 Å². The summed E-state index contributed by atoms with van der Waals surface area (Å²) in [7, 11) is 0. The van der Waals surface area contributed by atoms with Crippen molar-refractivity contribution in [2.45, 2.75) is 72.3 Å². The Labute approximate surface area is 112 Å². The Morgan fingerprint density at radius 2 is 1.67 bits per heavy atom. The molecule has 0 radical (unpaired) electrons. The lowest BCUT2D eigenvalue weighted by Gasteiger charge is -2.20. The van der Waals surface area contributed by atoms with Crippen molar-refractivity contribution in [1.82, 2.24) is 4.98 Å². The fourth-order valence-electron chi connectivity index (χ4n) is 2.14. The van der Waals surface area contributed by atoms with Crippen LogP contribution in [0.4, 0.5) is 0 Å². The molecule has 2 nitrogen and oxygen atoms in total. The molecule has 0 unspecified atom stereocenters. The van der Waals surface area contributed by atoms with E-state index >= 15 is 0 Å². The summed E-state index contributed by atoms with van der Waals surface area (Å²) in [5.41, 5.74) is 2.37. The molecule has 0 fully saturated rings. The summed E-state index contributed by atoms with van der Waals surface area (Å²) >= 11 is 0. The SMILES string of the molecule is CCC(CC)c1ccc(C(C)C)nc1OC(C)C. The van der Waals surface area contributed by atoms with Gasteiger partial charge in [0.15, 0.2) is 0 Å². The highest BCUT2D eigenvalue weighted by Crippen LogP contribution is 2.31. The maximum atomic E-state index is 5.91. The zero-order chi connectivity index (χ0) is 13.7. The lowest BCUT2D eigenvalue weighted by Crippen LogP contribution is -2.12. The van der Waals surface area contributed by atoms with Gasteiger partial charge in [0.05, 0.1) is 6.10 Å². The van der Waals surface area contributed by atoms with E-state index < -0.39 is 0 Å². The summed E-state index contributed by atoms with van der Waals surface area (Å²) < 4.78 is 5.91. The van der Waals surface area contributed by atoms with E-state index in [1.165, 1.54) is 5.56 Å². The van der Waals surface area contributed by atoms with E-state index in [-0.39, 0.29) is 6.10 Å². The van der Waals surface area contributed by atoms with Crippen LogP contribution in [0.3, 0.4) is 0 Å². The van der Waals surface area contributed by atoms with Gasteiger partial charge in [-0.2, -0.15) is 0 Å². The first-order chi connectivity index (χ1) is 8.49. The van der Waals surface area contributed by atoms with E-state index in [4.69, 9.17) is 9.72 Å². The van der Waals surface area contributed by atoms with Gasteiger partial charge >= 0.3 is 0 Å². The van der Waals surface area contributed by atoms with Crippen LogP contribution in [0.2, 0.25) is 0 Å². The molecule has 0 N–H and O–H groups in total. The third kappa shape index (κ3) is 3.72. The monoisotopic (exact) mass is 249 g/mol. The molecule has 0 aromatic carbocycles. The molecule has 1 aromatic heterocycles. The Morgan fingerprint density at radius 3 is 2.11 bits per heavy atom. The van der Waals surface area contributed by atoms with Crippen LogP contribution in [-0.4, -0.2) is 11.1 Å². The topological polar surface area (TPSA) is 22.1 Å². The molecule has 0 aliphatic heterocycles. The van der Waals surface area contributed by atoms with Crippen LogP contribution >= 0.6 is 0 Å². The summed E-state index contributed by atoms with van der Waals surface area (Å²) in [4.78, 5) is 4.71. The van der Waals surface area contributed by atoms with Crippen LogP contribution in [0.5, 0.6) is 5.88 Å². The van der Waals surface area contributed by atoms with Crippen molar-refractivity contribution in [2.75, 3.05) is 0 Å². The molecule has 1 heterocycles. The Bertz CT molecular complexity index is 367. The second-order valence-electron chi connectivity index (χ2n) is 5.47. The van der Waals surface area contributed by atoms with Gasteiger partial charge in [-0.1, -0.05) is 33.8 Å². The van der Waals surface area contributed by atoms with Crippen LogP contribution in [0, 0.1) is 0 Å². The average Bonchev–Trinajstić information content (AvgIpc) is 2.31. The number of ether oxygens (including phenoxy) is 1. The zero-order valence-electron chi connectivity index (χ0n) is 12.7. The first-order valence-electron chi connectivity index (χ1n) is 7.17. The molecule has 0 saturated carbocycles. The minimum Gasteiger partial charge on any atom is -0.475 e. The third-order valence-electron chi connectivity index (χ3n) is 3.28. The second kappa shape index (κ2) is 6.77. The van der Waals surface area contributed by atoms with E-state index in [0.29, 0.717) is 11.8 Å². The van der Waals surface area contributed by atoms with Gasteiger partial charge < -0.3 is 4.74 Å². The molecule has 18 heavy (non-hydrogen) atoms. The van der Waals surface area contributed by atoms with Gasteiger partial charge in [-0.15, -0.1) is 0 Å². The van der Waals surface area contributed by atoms with Gasteiger partial charge in [-0.25, -0.2) is 4.98 Å². The predicted octanol–water partition coefficient (Wildman–Crippen LogP) is 4.90.